The molecular weight excluding hydrogens is 456 g/mol. The molecule has 3 atom stereocenters. The summed E-state index contributed by atoms with van der Waals surface area (Å²) in [6.07, 6.45) is -0.260. The van der Waals surface area contributed by atoms with Gasteiger partial charge in [0.05, 0.1) is 16.1 Å². The molecule has 4 heterocycles. The molecular formula is C18H17BrN8O3. The number of imidazole rings is 1. The second kappa shape index (κ2) is 7.31. The number of hydrogen-bond donors (Lipinski definition) is 3. The van der Waals surface area contributed by atoms with Gasteiger partial charge in [-0.2, -0.15) is 0 Å². The zero-order valence-corrected chi connectivity index (χ0v) is 17.1. The number of fused-ring (bicyclic) bond motifs is 2. The van der Waals surface area contributed by atoms with E-state index in [9.17, 15) is 5.11 Å². The Kier molecular flexibility index (Phi) is 4.60. The number of nitrogens with zero attached hydrogens (tertiary/aromatic N) is 6. The standard InChI is InChI=1S/C18H17BrN8O3/c19-11-3-8-1-2-9(4-12(8)24-15(11)20)29-6-10-5-13(28)18(30-10)27-25-16(21)14-17(26-27)23-7-22-14/h1-4,7,10,13,18,28H,5-6H2,(H2,20,24)(H2,21,25)/t10-,13+,18+/m0/s1. The first-order valence-electron chi connectivity index (χ1n) is 9.13. The second-order valence-electron chi connectivity index (χ2n) is 6.92. The van der Waals surface area contributed by atoms with Gasteiger partial charge in [0.15, 0.2) is 17.7 Å². The third kappa shape index (κ3) is 3.38. The van der Waals surface area contributed by atoms with E-state index in [0.29, 0.717) is 29.5 Å². The van der Waals surface area contributed by atoms with E-state index in [4.69, 9.17) is 20.9 Å². The molecule has 5 rings (SSSR count). The summed E-state index contributed by atoms with van der Waals surface area (Å²) in [7, 11) is 0. The number of pyridine rings is 1. The number of aromatic nitrogens is 6. The van der Waals surface area contributed by atoms with Gasteiger partial charge in [0.2, 0.25) is 5.82 Å². The van der Waals surface area contributed by atoms with Crippen LogP contribution >= 0.6 is 15.9 Å². The van der Waals surface area contributed by atoms with Crippen molar-refractivity contribution in [2.75, 3.05) is 18.1 Å². The summed E-state index contributed by atoms with van der Waals surface area (Å²) in [6.45, 7) is 0.236. The zero-order valence-electron chi connectivity index (χ0n) is 15.5. The van der Waals surface area contributed by atoms with Crippen LogP contribution in [-0.4, -0.2) is 53.9 Å². The van der Waals surface area contributed by atoms with Crippen LogP contribution in [0.25, 0.3) is 22.4 Å². The minimum atomic E-state index is -0.821. The minimum absolute atomic E-state index is 0.169. The number of ether oxygens (including phenoxy) is 2. The highest BCUT2D eigenvalue weighted by molar-refractivity contribution is 9.10. The number of anilines is 2. The molecule has 11 nitrogen and oxygen atoms in total. The molecule has 2 aromatic rings. The van der Waals surface area contributed by atoms with Crippen molar-refractivity contribution in [2.24, 2.45) is 0 Å². The van der Waals surface area contributed by atoms with Crippen LogP contribution in [0, 0.1) is 0 Å². The molecule has 0 saturated carbocycles. The maximum absolute atomic E-state index is 10.4. The maximum Gasteiger partial charge on any atom is 0.205 e. The van der Waals surface area contributed by atoms with Gasteiger partial charge in [-0.3, -0.25) is 0 Å². The number of benzene rings is 1. The second-order valence-corrected chi connectivity index (χ2v) is 7.78. The fourth-order valence-electron chi connectivity index (χ4n) is 3.36. The number of halogens is 1. The lowest BCUT2D eigenvalue weighted by atomic mass is 10.2. The van der Waals surface area contributed by atoms with Crippen LogP contribution in [0.2, 0.25) is 0 Å². The van der Waals surface area contributed by atoms with Crippen LogP contribution in [0.1, 0.15) is 12.6 Å². The first-order chi connectivity index (χ1) is 14.5. The number of aliphatic hydroxyl groups is 1. The molecule has 3 aliphatic heterocycles. The minimum Gasteiger partial charge on any atom is -0.491 e. The van der Waals surface area contributed by atoms with E-state index >= 15 is 0 Å². The molecule has 5 N–H and O–H groups in total. The van der Waals surface area contributed by atoms with E-state index in [1.54, 1.807) is 0 Å². The van der Waals surface area contributed by atoms with Gasteiger partial charge in [0.25, 0.3) is 0 Å². The van der Waals surface area contributed by atoms with Crippen molar-refractivity contribution in [3.8, 4) is 17.3 Å². The first kappa shape index (κ1) is 18.9. The number of nitrogen functional groups attached to an aromatic ring is 2. The smallest absolute Gasteiger partial charge is 0.205 e. The summed E-state index contributed by atoms with van der Waals surface area (Å²) in [6, 6.07) is 7.45. The average Bonchev–Trinajstić information content (AvgIpc) is 3.34. The van der Waals surface area contributed by atoms with Crippen molar-refractivity contribution in [1.82, 2.24) is 29.9 Å². The molecule has 0 spiro atoms. The lowest BCUT2D eigenvalue weighted by Crippen LogP contribution is -2.26. The summed E-state index contributed by atoms with van der Waals surface area (Å²) in [5.41, 5.74) is 12.9. The molecule has 3 aliphatic rings. The number of aliphatic hydroxyl groups excluding tert-OH is 1. The van der Waals surface area contributed by atoms with Crippen LogP contribution in [0.4, 0.5) is 11.6 Å². The Morgan fingerprint density at radius 2 is 2.07 bits per heavy atom. The Hall–Kier alpha value is -3.09. The lowest BCUT2D eigenvalue weighted by Gasteiger charge is -2.17. The van der Waals surface area contributed by atoms with Crippen molar-refractivity contribution < 1.29 is 14.6 Å². The molecule has 1 saturated heterocycles. The largest absolute Gasteiger partial charge is 0.491 e. The van der Waals surface area contributed by atoms with Crippen LogP contribution in [0.15, 0.2) is 35.1 Å². The van der Waals surface area contributed by atoms with Gasteiger partial charge in [-0.1, -0.05) is 0 Å². The molecule has 0 radical (unpaired) electrons. The molecule has 12 heteroatoms. The summed E-state index contributed by atoms with van der Waals surface area (Å²) in [4.78, 5) is 13.6. The van der Waals surface area contributed by atoms with E-state index in [1.807, 2.05) is 24.3 Å². The van der Waals surface area contributed by atoms with Crippen LogP contribution < -0.4 is 16.2 Å². The molecule has 1 aromatic carbocycles. The van der Waals surface area contributed by atoms with Gasteiger partial charge in [0, 0.05) is 17.9 Å². The molecule has 1 aromatic heterocycles. The van der Waals surface area contributed by atoms with Gasteiger partial charge in [0.1, 0.15) is 30.6 Å². The van der Waals surface area contributed by atoms with Crippen molar-refractivity contribution >= 4 is 38.5 Å². The van der Waals surface area contributed by atoms with Crippen molar-refractivity contribution in [3.63, 3.8) is 0 Å². The van der Waals surface area contributed by atoms with Crippen molar-refractivity contribution in [1.29, 1.82) is 0 Å². The van der Waals surface area contributed by atoms with E-state index in [-0.39, 0.29) is 18.5 Å². The molecule has 0 unspecified atom stereocenters. The summed E-state index contributed by atoms with van der Waals surface area (Å²) >= 11 is 3.37. The molecule has 1 fully saturated rings. The lowest BCUT2D eigenvalue weighted by molar-refractivity contribution is -0.0629. The van der Waals surface area contributed by atoms with Gasteiger partial charge < -0.3 is 26.0 Å². The molecule has 0 bridgehead atoms. The predicted octanol–water partition coefficient (Wildman–Crippen LogP) is 1.38. The Balaban J connectivity index is 1.29. The number of hydrogen-bond acceptors (Lipinski definition) is 10. The summed E-state index contributed by atoms with van der Waals surface area (Å²) in [5, 5.41) is 19.7. The van der Waals surface area contributed by atoms with E-state index in [2.05, 4.69) is 41.1 Å². The average molecular weight is 473 g/mol. The molecule has 30 heavy (non-hydrogen) atoms. The normalized spacial score (nSPS) is 21.5. The Morgan fingerprint density at radius 3 is 2.93 bits per heavy atom. The third-order valence-electron chi connectivity index (χ3n) is 4.83. The third-order valence-corrected chi connectivity index (χ3v) is 5.46. The van der Waals surface area contributed by atoms with Gasteiger partial charge >= 0.3 is 0 Å². The fourth-order valence-corrected chi connectivity index (χ4v) is 3.70. The van der Waals surface area contributed by atoms with Gasteiger partial charge in [-0.15, -0.1) is 15.0 Å². The van der Waals surface area contributed by atoms with E-state index in [1.165, 1.54) is 11.1 Å². The highest BCUT2D eigenvalue weighted by atomic mass is 79.9. The molecule has 0 aliphatic carbocycles. The number of nitrogens with two attached hydrogens (primary N) is 2. The zero-order chi connectivity index (χ0) is 20.8. The van der Waals surface area contributed by atoms with Gasteiger partial charge in [-0.25, -0.2) is 15.0 Å². The van der Waals surface area contributed by atoms with Gasteiger partial charge in [-0.05, 0) is 34.1 Å². The quantitative estimate of drug-likeness (QED) is 0.395. The van der Waals surface area contributed by atoms with Crippen molar-refractivity contribution in [2.45, 2.75) is 24.9 Å². The Morgan fingerprint density at radius 1 is 1.20 bits per heavy atom. The highest BCUT2D eigenvalue weighted by Crippen LogP contribution is 2.31. The summed E-state index contributed by atoms with van der Waals surface area (Å²) in [5.74, 6) is 1.54. The summed E-state index contributed by atoms with van der Waals surface area (Å²) < 4.78 is 12.5. The van der Waals surface area contributed by atoms with Crippen LogP contribution in [-0.2, 0) is 4.74 Å². The highest BCUT2D eigenvalue weighted by Gasteiger charge is 2.37. The monoisotopic (exact) mass is 472 g/mol. The van der Waals surface area contributed by atoms with Crippen LogP contribution in [0.5, 0.6) is 5.75 Å². The first-order valence-corrected chi connectivity index (χ1v) is 9.92. The van der Waals surface area contributed by atoms with Crippen LogP contribution in [0.3, 0.4) is 0 Å². The fraction of sp³-hybridized carbons (Fsp3) is 0.278. The predicted molar refractivity (Wildman–Crippen MR) is 111 cm³/mol. The van der Waals surface area contributed by atoms with E-state index < -0.39 is 12.3 Å². The molecule has 154 valence electrons. The molecule has 0 amide bonds. The Bertz CT molecular complexity index is 1200. The SMILES string of the molecule is Nc1nc2cc(OC[C@@H]3C[C@@H](O)[C@H](n4nc5ncnc-5c(N)n4)O3)ccc2cc1Br. The number of rotatable bonds is 4. The topological polar surface area (TPSA) is 160 Å². The maximum atomic E-state index is 10.4. The Labute approximate surface area is 178 Å². The van der Waals surface area contributed by atoms with Crippen molar-refractivity contribution in [3.05, 3.63) is 35.1 Å². The van der Waals surface area contributed by atoms with E-state index in [0.717, 1.165) is 15.4 Å².